The summed E-state index contributed by atoms with van der Waals surface area (Å²) in [6.07, 6.45) is -1.76. The molecule has 0 aromatic carbocycles. The van der Waals surface area contributed by atoms with E-state index in [-0.39, 0.29) is 5.41 Å². The van der Waals surface area contributed by atoms with Gasteiger partial charge >= 0.3 is 6.18 Å². The van der Waals surface area contributed by atoms with Crippen molar-refractivity contribution in [1.82, 2.24) is 15.1 Å². The number of hydrogen-bond donors (Lipinski definition) is 1. The summed E-state index contributed by atoms with van der Waals surface area (Å²) in [5.74, 6) is 0. The number of alkyl halides is 3. The summed E-state index contributed by atoms with van der Waals surface area (Å²) in [4.78, 5) is 3.92. The first kappa shape index (κ1) is 17.0. The second-order valence-corrected chi connectivity index (χ2v) is 7.06. The van der Waals surface area contributed by atoms with Gasteiger partial charge in [-0.25, -0.2) is 0 Å². The van der Waals surface area contributed by atoms with Gasteiger partial charge in [-0.2, -0.15) is 13.2 Å². The third-order valence-corrected chi connectivity index (χ3v) is 5.01. The fourth-order valence-corrected chi connectivity index (χ4v) is 3.90. The highest BCUT2D eigenvalue weighted by atomic mass is 19.4. The fraction of sp³-hybridized carbons (Fsp3) is 1.00. The zero-order valence-electron chi connectivity index (χ0n) is 13.3. The fourth-order valence-electron chi connectivity index (χ4n) is 3.90. The van der Waals surface area contributed by atoms with Crippen molar-refractivity contribution in [3.05, 3.63) is 0 Å². The first-order chi connectivity index (χ1) is 9.73. The Kier molecular flexibility index (Phi) is 5.21. The molecule has 21 heavy (non-hydrogen) atoms. The van der Waals surface area contributed by atoms with Gasteiger partial charge in [-0.3, -0.25) is 9.80 Å². The van der Waals surface area contributed by atoms with Crippen LogP contribution in [0.4, 0.5) is 13.2 Å². The Labute approximate surface area is 125 Å². The minimum Gasteiger partial charge on any atom is -0.312 e. The molecule has 2 aliphatic rings. The van der Waals surface area contributed by atoms with Gasteiger partial charge in [0, 0.05) is 38.3 Å². The molecule has 2 fully saturated rings. The van der Waals surface area contributed by atoms with Crippen LogP contribution in [0.15, 0.2) is 0 Å². The van der Waals surface area contributed by atoms with Crippen LogP contribution in [0, 0.1) is 5.41 Å². The van der Waals surface area contributed by atoms with Crippen molar-refractivity contribution < 1.29 is 13.2 Å². The molecule has 0 bridgehead atoms. The van der Waals surface area contributed by atoms with E-state index in [4.69, 9.17) is 0 Å². The molecule has 2 atom stereocenters. The number of piperazine rings is 1. The third-order valence-electron chi connectivity index (χ3n) is 5.01. The summed E-state index contributed by atoms with van der Waals surface area (Å²) < 4.78 is 37.3. The predicted octanol–water partition coefficient (Wildman–Crippen LogP) is 2.33. The maximum absolute atomic E-state index is 12.4. The van der Waals surface area contributed by atoms with Gasteiger partial charge in [-0.1, -0.05) is 20.8 Å². The number of likely N-dealkylation sites (N-methyl/N-ethyl adjacent to an activating group) is 1. The summed E-state index contributed by atoms with van der Waals surface area (Å²) in [7, 11) is 0. The molecular weight excluding hydrogens is 279 g/mol. The first-order valence-corrected chi connectivity index (χ1v) is 7.99. The molecule has 124 valence electrons. The lowest BCUT2D eigenvalue weighted by atomic mass is 9.86. The number of halogens is 3. The van der Waals surface area contributed by atoms with Crippen LogP contribution in [0.5, 0.6) is 0 Å². The van der Waals surface area contributed by atoms with Crippen molar-refractivity contribution >= 4 is 0 Å². The molecule has 1 heterocycles. The van der Waals surface area contributed by atoms with E-state index < -0.39 is 12.7 Å². The number of nitrogens with zero attached hydrogens (tertiary/aromatic N) is 2. The van der Waals surface area contributed by atoms with Crippen molar-refractivity contribution in [2.24, 2.45) is 5.41 Å². The van der Waals surface area contributed by atoms with Crippen molar-refractivity contribution in [3.8, 4) is 0 Å². The summed E-state index contributed by atoms with van der Waals surface area (Å²) in [6.45, 7) is 9.42. The largest absolute Gasteiger partial charge is 0.401 e. The van der Waals surface area contributed by atoms with Gasteiger partial charge in [0.15, 0.2) is 0 Å². The van der Waals surface area contributed by atoms with Crippen molar-refractivity contribution in [2.75, 3.05) is 39.3 Å². The standard InChI is InChI=1S/C15H28F3N3/c1-4-19-13-12(5-6-14(13,2)3)21-9-7-20(8-10-21)11-15(16,17)18/h12-13,19H,4-11H2,1-3H3. The average Bonchev–Trinajstić information content (AvgIpc) is 2.65. The van der Waals surface area contributed by atoms with E-state index in [1.54, 1.807) is 0 Å². The molecule has 0 aromatic heterocycles. The van der Waals surface area contributed by atoms with Crippen LogP contribution in [0.3, 0.4) is 0 Å². The van der Waals surface area contributed by atoms with Crippen molar-refractivity contribution in [3.63, 3.8) is 0 Å². The van der Waals surface area contributed by atoms with Crippen LogP contribution >= 0.6 is 0 Å². The van der Waals surface area contributed by atoms with Crippen LogP contribution in [-0.4, -0.2) is 67.3 Å². The zero-order chi connectivity index (χ0) is 15.7. The topological polar surface area (TPSA) is 18.5 Å². The second kappa shape index (κ2) is 6.42. The van der Waals surface area contributed by atoms with Gasteiger partial charge in [0.05, 0.1) is 6.54 Å². The van der Waals surface area contributed by atoms with E-state index in [1.807, 2.05) is 0 Å². The van der Waals surface area contributed by atoms with Gasteiger partial charge in [0.1, 0.15) is 0 Å². The van der Waals surface area contributed by atoms with Crippen LogP contribution in [0.25, 0.3) is 0 Å². The van der Waals surface area contributed by atoms with E-state index in [9.17, 15) is 13.2 Å². The van der Waals surface area contributed by atoms with Crippen LogP contribution in [0.2, 0.25) is 0 Å². The Balaban J connectivity index is 1.90. The molecule has 1 aliphatic carbocycles. The smallest absolute Gasteiger partial charge is 0.312 e. The SMILES string of the molecule is CCNC1C(N2CCN(CC(F)(F)F)CC2)CCC1(C)C. The molecule has 1 N–H and O–H groups in total. The lowest BCUT2D eigenvalue weighted by Crippen LogP contribution is -2.57. The van der Waals surface area contributed by atoms with Gasteiger partial charge in [-0.15, -0.1) is 0 Å². The molecule has 0 aromatic rings. The Morgan fingerprint density at radius 3 is 2.29 bits per heavy atom. The molecule has 3 nitrogen and oxygen atoms in total. The molecule has 0 radical (unpaired) electrons. The number of rotatable bonds is 4. The molecule has 1 saturated heterocycles. The molecule has 1 saturated carbocycles. The van der Waals surface area contributed by atoms with E-state index in [0.717, 1.165) is 26.1 Å². The van der Waals surface area contributed by atoms with Crippen LogP contribution < -0.4 is 5.32 Å². The van der Waals surface area contributed by atoms with Gasteiger partial charge in [0.25, 0.3) is 0 Å². The summed E-state index contributed by atoms with van der Waals surface area (Å²) in [5.41, 5.74) is 0.268. The highest BCUT2D eigenvalue weighted by molar-refractivity contribution is 5.01. The van der Waals surface area contributed by atoms with E-state index >= 15 is 0 Å². The normalized spacial score (nSPS) is 31.7. The van der Waals surface area contributed by atoms with Crippen LogP contribution in [0.1, 0.15) is 33.6 Å². The Morgan fingerprint density at radius 1 is 1.14 bits per heavy atom. The Hall–Kier alpha value is -0.330. The lowest BCUT2D eigenvalue weighted by molar-refractivity contribution is -0.150. The molecule has 0 amide bonds. The van der Waals surface area contributed by atoms with E-state index in [1.165, 1.54) is 11.3 Å². The molecule has 2 unspecified atom stereocenters. The van der Waals surface area contributed by atoms with Gasteiger partial charge in [-0.05, 0) is 24.8 Å². The number of hydrogen-bond acceptors (Lipinski definition) is 3. The minimum absolute atomic E-state index is 0.268. The quantitative estimate of drug-likeness (QED) is 0.860. The Bertz CT molecular complexity index is 336. The van der Waals surface area contributed by atoms with Crippen molar-refractivity contribution in [1.29, 1.82) is 0 Å². The van der Waals surface area contributed by atoms with E-state index in [0.29, 0.717) is 25.2 Å². The average molecular weight is 307 g/mol. The first-order valence-electron chi connectivity index (χ1n) is 7.99. The third kappa shape index (κ3) is 4.33. The minimum atomic E-state index is -4.08. The summed E-state index contributed by atoms with van der Waals surface area (Å²) in [6, 6.07) is 0.907. The monoisotopic (exact) mass is 307 g/mol. The zero-order valence-corrected chi connectivity index (χ0v) is 13.3. The second-order valence-electron chi connectivity index (χ2n) is 7.06. The molecular formula is C15H28F3N3. The molecule has 6 heteroatoms. The predicted molar refractivity (Wildman–Crippen MR) is 78.3 cm³/mol. The maximum Gasteiger partial charge on any atom is 0.401 e. The lowest BCUT2D eigenvalue weighted by Gasteiger charge is -2.42. The summed E-state index contributed by atoms with van der Waals surface area (Å²) >= 11 is 0. The van der Waals surface area contributed by atoms with Gasteiger partial charge < -0.3 is 5.32 Å². The highest BCUT2D eigenvalue weighted by Crippen LogP contribution is 2.40. The van der Waals surface area contributed by atoms with Crippen LogP contribution in [-0.2, 0) is 0 Å². The van der Waals surface area contributed by atoms with E-state index in [2.05, 4.69) is 31.0 Å². The van der Waals surface area contributed by atoms with Crippen molar-refractivity contribution in [2.45, 2.75) is 51.9 Å². The van der Waals surface area contributed by atoms with Gasteiger partial charge in [0.2, 0.25) is 0 Å². The number of nitrogens with one attached hydrogen (secondary N) is 1. The summed E-state index contributed by atoms with van der Waals surface area (Å²) in [5, 5.41) is 3.60. The molecule has 0 spiro atoms. The molecule has 1 aliphatic heterocycles. The Morgan fingerprint density at radius 2 is 1.76 bits per heavy atom. The maximum atomic E-state index is 12.4. The highest BCUT2D eigenvalue weighted by Gasteiger charge is 2.44. The molecule has 2 rings (SSSR count).